The normalized spacial score (nSPS) is 10.6. The van der Waals surface area contributed by atoms with Crippen LogP contribution in [0.2, 0.25) is 5.02 Å². The predicted octanol–water partition coefficient (Wildman–Crippen LogP) is 4.12. The molecule has 1 heterocycles. The van der Waals surface area contributed by atoms with Crippen LogP contribution in [-0.2, 0) is 13.3 Å². The minimum atomic E-state index is -0.254. The van der Waals surface area contributed by atoms with E-state index < -0.39 is 0 Å². The number of hydrogen-bond acceptors (Lipinski definition) is 3. The molecule has 0 spiro atoms. The largest absolute Gasteiger partial charge is 0.471 e. The monoisotopic (exact) mass is 369 g/mol. The number of aromatic nitrogens is 2. The molecule has 0 saturated heterocycles. The second kappa shape index (κ2) is 8.06. The Morgan fingerprint density at radius 3 is 2.81 bits per heavy atom. The van der Waals surface area contributed by atoms with Gasteiger partial charge in [0.25, 0.3) is 5.91 Å². The summed E-state index contributed by atoms with van der Waals surface area (Å²) in [7, 11) is 0. The van der Waals surface area contributed by atoms with Crippen LogP contribution in [0.25, 0.3) is 0 Å². The van der Waals surface area contributed by atoms with Gasteiger partial charge in [0.1, 0.15) is 11.4 Å². The zero-order valence-electron chi connectivity index (χ0n) is 14.7. The van der Waals surface area contributed by atoms with Gasteiger partial charge in [0.15, 0.2) is 6.73 Å². The molecule has 0 aliphatic rings. The molecular weight excluding hydrogens is 350 g/mol. The number of carbonyl (C=O) groups is 1. The predicted molar refractivity (Wildman–Crippen MR) is 101 cm³/mol. The highest BCUT2D eigenvalue weighted by molar-refractivity contribution is 6.31. The maximum Gasteiger partial charge on any atom is 0.272 e. The van der Waals surface area contributed by atoms with Gasteiger partial charge >= 0.3 is 0 Å². The van der Waals surface area contributed by atoms with Crippen molar-refractivity contribution in [2.24, 2.45) is 0 Å². The van der Waals surface area contributed by atoms with Crippen LogP contribution in [0, 0.1) is 13.8 Å². The number of aryl methyl sites for hydroxylation is 2. The van der Waals surface area contributed by atoms with E-state index >= 15 is 0 Å². The summed E-state index contributed by atoms with van der Waals surface area (Å²) < 4.78 is 7.38. The van der Waals surface area contributed by atoms with E-state index in [1.807, 2.05) is 50.2 Å². The summed E-state index contributed by atoms with van der Waals surface area (Å²) in [5, 5.41) is 7.70. The van der Waals surface area contributed by atoms with Gasteiger partial charge in [-0.1, -0.05) is 41.9 Å². The Morgan fingerprint density at radius 1 is 1.19 bits per heavy atom. The van der Waals surface area contributed by atoms with E-state index in [2.05, 4.69) is 10.4 Å². The van der Waals surface area contributed by atoms with E-state index in [-0.39, 0.29) is 12.6 Å². The number of halogens is 1. The third kappa shape index (κ3) is 4.43. The van der Waals surface area contributed by atoms with Crippen molar-refractivity contribution in [2.45, 2.75) is 27.1 Å². The highest BCUT2D eigenvalue weighted by atomic mass is 35.5. The molecule has 0 bridgehead atoms. The molecule has 26 heavy (non-hydrogen) atoms. The van der Waals surface area contributed by atoms with E-state index in [1.54, 1.807) is 23.0 Å². The molecule has 0 radical (unpaired) electrons. The van der Waals surface area contributed by atoms with Crippen molar-refractivity contribution in [1.82, 2.24) is 15.1 Å². The van der Waals surface area contributed by atoms with Crippen molar-refractivity contribution in [3.63, 3.8) is 0 Å². The maximum absolute atomic E-state index is 12.2. The molecule has 0 aliphatic heterocycles. The number of nitrogens with one attached hydrogen (secondary N) is 1. The fourth-order valence-electron chi connectivity index (χ4n) is 2.46. The Balaban J connectivity index is 1.58. The molecule has 134 valence electrons. The van der Waals surface area contributed by atoms with Crippen LogP contribution in [0.15, 0.2) is 54.7 Å². The zero-order chi connectivity index (χ0) is 18.5. The summed E-state index contributed by atoms with van der Waals surface area (Å²) in [6.07, 6.45) is 1.72. The summed E-state index contributed by atoms with van der Waals surface area (Å²) in [5.41, 5.74) is 3.38. The van der Waals surface area contributed by atoms with Crippen LogP contribution in [-0.4, -0.2) is 15.7 Å². The van der Waals surface area contributed by atoms with Gasteiger partial charge in [-0.2, -0.15) is 5.10 Å². The molecule has 3 aromatic rings. The molecule has 0 unspecified atom stereocenters. The molecule has 2 aromatic carbocycles. The van der Waals surface area contributed by atoms with Crippen molar-refractivity contribution in [1.29, 1.82) is 0 Å². The Hall–Kier alpha value is -2.79. The summed E-state index contributed by atoms with van der Waals surface area (Å²) in [6, 6.07) is 15.1. The topological polar surface area (TPSA) is 56.1 Å². The average molecular weight is 370 g/mol. The lowest BCUT2D eigenvalue weighted by atomic mass is 10.1. The standard InChI is InChI=1S/C20H20ClN3O2/c1-14-7-8-15(2)19(11-14)26-13-24-10-9-18(23-24)20(25)22-12-16-5-3-4-6-17(16)21/h3-11H,12-13H2,1-2H3,(H,22,25). The van der Waals surface area contributed by atoms with E-state index in [0.717, 1.165) is 22.4 Å². The van der Waals surface area contributed by atoms with Gasteiger partial charge in [-0.05, 0) is 48.7 Å². The van der Waals surface area contributed by atoms with Gasteiger partial charge in [-0.25, -0.2) is 4.68 Å². The van der Waals surface area contributed by atoms with E-state index in [4.69, 9.17) is 16.3 Å². The molecule has 0 aliphatic carbocycles. The smallest absolute Gasteiger partial charge is 0.272 e. The molecule has 6 heteroatoms. The number of ether oxygens (including phenoxy) is 1. The van der Waals surface area contributed by atoms with Crippen LogP contribution >= 0.6 is 11.6 Å². The highest BCUT2D eigenvalue weighted by Crippen LogP contribution is 2.19. The molecule has 0 atom stereocenters. The summed E-state index contributed by atoms with van der Waals surface area (Å²) in [4.78, 5) is 12.2. The molecule has 1 N–H and O–H groups in total. The van der Waals surface area contributed by atoms with Crippen molar-refractivity contribution in [3.05, 3.63) is 82.1 Å². The number of rotatable bonds is 6. The lowest BCUT2D eigenvalue weighted by Crippen LogP contribution is -2.23. The molecule has 0 fully saturated rings. The van der Waals surface area contributed by atoms with Crippen LogP contribution in [0.3, 0.4) is 0 Å². The van der Waals surface area contributed by atoms with Crippen LogP contribution < -0.4 is 10.1 Å². The third-order valence-electron chi connectivity index (χ3n) is 3.97. The summed E-state index contributed by atoms with van der Waals surface area (Å²) in [5.74, 6) is 0.556. The Kier molecular flexibility index (Phi) is 5.58. The van der Waals surface area contributed by atoms with Gasteiger partial charge in [0.2, 0.25) is 0 Å². The molecule has 3 rings (SSSR count). The number of amides is 1. The fourth-order valence-corrected chi connectivity index (χ4v) is 2.66. The van der Waals surface area contributed by atoms with Crippen molar-refractivity contribution < 1.29 is 9.53 Å². The Labute approximate surface area is 157 Å². The van der Waals surface area contributed by atoms with Crippen molar-refractivity contribution in [3.8, 4) is 5.75 Å². The van der Waals surface area contributed by atoms with Crippen molar-refractivity contribution >= 4 is 17.5 Å². The van der Waals surface area contributed by atoms with Gasteiger partial charge in [-0.3, -0.25) is 4.79 Å². The quantitative estimate of drug-likeness (QED) is 0.711. The van der Waals surface area contributed by atoms with Crippen molar-refractivity contribution in [2.75, 3.05) is 0 Å². The lowest BCUT2D eigenvalue weighted by molar-refractivity contribution is 0.0944. The molecular formula is C20H20ClN3O2. The van der Waals surface area contributed by atoms with E-state index in [1.165, 1.54) is 0 Å². The molecule has 1 aromatic heterocycles. The summed E-state index contributed by atoms with van der Waals surface area (Å²) in [6.45, 7) is 4.60. The second-order valence-corrected chi connectivity index (χ2v) is 6.46. The van der Waals surface area contributed by atoms with Crippen LogP contribution in [0.5, 0.6) is 5.75 Å². The van der Waals surface area contributed by atoms with Gasteiger partial charge in [0, 0.05) is 17.8 Å². The molecule has 1 amide bonds. The fraction of sp³-hybridized carbons (Fsp3) is 0.200. The third-order valence-corrected chi connectivity index (χ3v) is 4.34. The molecule has 0 saturated carbocycles. The summed E-state index contributed by atoms with van der Waals surface area (Å²) >= 11 is 6.09. The van der Waals surface area contributed by atoms with Crippen LogP contribution in [0.1, 0.15) is 27.2 Å². The van der Waals surface area contributed by atoms with E-state index in [9.17, 15) is 4.79 Å². The minimum absolute atomic E-state index is 0.238. The Morgan fingerprint density at radius 2 is 2.00 bits per heavy atom. The number of carbonyl (C=O) groups excluding carboxylic acids is 1. The lowest BCUT2D eigenvalue weighted by Gasteiger charge is -2.10. The van der Waals surface area contributed by atoms with Gasteiger partial charge in [-0.15, -0.1) is 0 Å². The SMILES string of the molecule is Cc1ccc(C)c(OCn2ccc(C(=O)NCc3ccccc3Cl)n2)c1. The van der Waals surface area contributed by atoms with E-state index in [0.29, 0.717) is 17.3 Å². The maximum atomic E-state index is 12.2. The van der Waals surface area contributed by atoms with Gasteiger partial charge < -0.3 is 10.1 Å². The average Bonchev–Trinajstić information content (AvgIpc) is 3.11. The Bertz CT molecular complexity index is 921. The number of nitrogens with zero attached hydrogens (tertiary/aromatic N) is 2. The first-order valence-electron chi connectivity index (χ1n) is 8.28. The second-order valence-electron chi connectivity index (χ2n) is 6.06. The minimum Gasteiger partial charge on any atom is -0.471 e. The highest BCUT2D eigenvalue weighted by Gasteiger charge is 2.10. The van der Waals surface area contributed by atoms with Crippen LogP contribution in [0.4, 0.5) is 0 Å². The number of hydrogen-bond donors (Lipinski definition) is 1. The zero-order valence-corrected chi connectivity index (χ0v) is 15.5. The first-order valence-corrected chi connectivity index (χ1v) is 8.66. The molecule has 5 nitrogen and oxygen atoms in total. The van der Waals surface area contributed by atoms with Gasteiger partial charge in [0.05, 0.1) is 0 Å². The first-order chi connectivity index (χ1) is 12.5. The number of benzene rings is 2. The first kappa shape index (κ1) is 18.0.